The van der Waals surface area contributed by atoms with E-state index in [4.69, 9.17) is 12.2 Å². The van der Waals surface area contributed by atoms with E-state index in [-0.39, 0.29) is 10.7 Å². The summed E-state index contributed by atoms with van der Waals surface area (Å²) in [6.07, 6.45) is 3.49. The van der Waals surface area contributed by atoms with Crippen molar-refractivity contribution >= 4 is 56.8 Å². The number of aryl methyl sites for hydroxylation is 1. The summed E-state index contributed by atoms with van der Waals surface area (Å²) >= 11 is 8.61. The molecule has 0 saturated carbocycles. The van der Waals surface area contributed by atoms with Crippen LogP contribution in [0.2, 0.25) is 0 Å². The highest BCUT2D eigenvalue weighted by Crippen LogP contribution is 2.24. The Morgan fingerprint density at radius 3 is 2.38 bits per heavy atom. The van der Waals surface area contributed by atoms with Gasteiger partial charge in [-0.25, -0.2) is 0 Å². The van der Waals surface area contributed by atoms with Crippen molar-refractivity contribution in [1.82, 2.24) is 9.88 Å². The highest BCUT2D eigenvalue weighted by molar-refractivity contribution is 9.10. The number of aromatic nitrogens is 1. The van der Waals surface area contributed by atoms with Crippen molar-refractivity contribution in [3.05, 3.63) is 88.2 Å². The van der Waals surface area contributed by atoms with Gasteiger partial charge in [-0.1, -0.05) is 34.1 Å². The van der Waals surface area contributed by atoms with Gasteiger partial charge in [0.2, 0.25) is 0 Å². The third kappa shape index (κ3) is 3.79. The van der Waals surface area contributed by atoms with Crippen molar-refractivity contribution in [2.24, 2.45) is 0 Å². The molecule has 7 heteroatoms. The first-order chi connectivity index (χ1) is 13.9. The molecule has 2 amide bonds. The number of thiocarbonyl (C=S) groups is 1. The van der Waals surface area contributed by atoms with Gasteiger partial charge in [0.25, 0.3) is 11.8 Å². The quantitative estimate of drug-likeness (QED) is 0.354. The van der Waals surface area contributed by atoms with Crippen LogP contribution in [0.15, 0.2) is 76.9 Å². The normalized spacial score (nSPS) is 15.7. The van der Waals surface area contributed by atoms with Crippen LogP contribution in [0.4, 0.5) is 5.69 Å². The van der Waals surface area contributed by atoms with Crippen LogP contribution in [-0.2, 0) is 9.59 Å². The molecule has 3 aromatic rings. The number of para-hydroxylation sites is 1. The number of carbonyl (C=O) groups is 2. The Bertz CT molecular complexity index is 1150. The monoisotopic (exact) mass is 465 g/mol. The van der Waals surface area contributed by atoms with Crippen LogP contribution in [0.5, 0.6) is 0 Å². The maximum atomic E-state index is 13.1. The smallest absolute Gasteiger partial charge is 0.270 e. The molecule has 1 aliphatic rings. The summed E-state index contributed by atoms with van der Waals surface area (Å²) in [4.78, 5) is 26.9. The van der Waals surface area contributed by atoms with E-state index in [9.17, 15) is 9.59 Å². The van der Waals surface area contributed by atoms with Crippen molar-refractivity contribution < 1.29 is 9.59 Å². The Morgan fingerprint density at radius 1 is 1.00 bits per heavy atom. The predicted octanol–water partition coefficient (Wildman–Crippen LogP) is 4.38. The Hall–Kier alpha value is -3.03. The van der Waals surface area contributed by atoms with Crippen LogP contribution in [0.1, 0.15) is 11.3 Å². The van der Waals surface area contributed by atoms with Gasteiger partial charge in [-0.15, -0.1) is 0 Å². The number of anilines is 1. The Kier molecular flexibility index (Phi) is 5.17. The average Bonchev–Trinajstić information content (AvgIpc) is 3.07. The van der Waals surface area contributed by atoms with Gasteiger partial charge in [-0.05, 0) is 73.2 Å². The number of hydrogen-bond donors (Lipinski definition) is 1. The van der Waals surface area contributed by atoms with Gasteiger partial charge >= 0.3 is 0 Å². The number of rotatable bonds is 3. The maximum absolute atomic E-state index is 13.1. The van der Waals surface area contributed by atoms with Crippen molar-refractivity contribution in [3.63, 3.8) is 0 Å². The predicted molar refractivity (Wildman–Crippen MR) is 121 cm³/mol. The van der Waals surface area contributed by atoms with E-state index in [0.29, 0.717) is 5.69 Å². The molecule has 4 rings (SSSR count). The maximum Gasteiger partial charge on any atom is 0.270 e. The third-order valence-electron chi connectivity index (χ3n) is 4.57. The van der Waals surface area contributed by atoms with Gasteiger partial charge in [0.1, 0.15) is 5.57 Å². The number of amides is 2. The fourth-order valence-corrected chi connectivity index (χ4v) is 3.74. The second-order valence-corrected chi connectivity index (χ2v) is 7.86. The van der Waals surface area contributed by atoms with Gasteiger partial charge < -0.3 is 4.57 Å². The Labute approximate surface area is 181 Å². The van der Waals surface area contributed by atoms with Crippen molar-refractivity contribution in [3.8, 4) is 5.69 Å². The van der Waals surface area contributed by atoms with Crippen LogP contribution in [0.25, 0.3) is 11.8 Å². The molecule has 1 aromatic heterocycles. The minimum atomic E-state index is -0.501. The molecule has 2 aromatic carbocycles. The van der Waals surface area contributed by atoms with E-state index in [1.165, 1.54) is 4.90 Å². The topological polar surface area (TPSA) is 54.3 Å². The first kappa shape index (κ1) is 19.3. The SMILES string of the molecule is Cc1cc(/C=C2/C(=O)NC(=S)N(c3ccc(Br)cc3)C2=O)cn1-c1ccccc1. The van der Waals surface area contributed by atoms with E-state index in [1.807, 2.05) is 66.2 Å². The zero-order valence-electron chi connectivity index (χ0n) is 15.4. The molecule has 1 N–H and O–H groups in total. The summed E-state index contributed by atoms with van der Waals surface area (Å²) in [6, 6.07) is 18.9. The Morgan fingerprint density at radius 2 is 1.69 bits per heavy atom. The molecule has 0 bridgehead atoms. The summed E-state index contributed by atoms with van der Waals surface area (Å²) in [6.45, 7) is 1.97. The van der Waals surface area contributed by atoms with Crippen LogP contribution in [-0.4, -0.2) is 21.5 Å². The van der Waals surface area contributed by atoms with Gasteiger partial charge in [0, 0.05) is 22.1 Å². The molecule has 2 heterocycles. The number of carbonyl (C=O) groups excluding carboxylic acids is 2. The lowest BCUT2D eigenvalue weighted by Gasteiger charge is -2.28. The second kappa shape index (κ2) is 7.77. The minimum absolute atomic E-state index is 0.0340. The summed E-state index contributed by atoms with van der Waals surface area (Å²) in [5, 5.41) is 2.67. The molecule has 0 radical (unpaired) electrons. The van der Waals surface area contributed by atoms with Crippen molar-refractivity contribution in [2.75, 3.05) is 4.90 Å². The highest BCUT2D eigenvalue weighted by atomic mass is 79.9. The number of nitrogens with one attached hydrogen (secondary N) is 1. The molecule has 144 valence electrons. The molecular weight excluding hydrogens is 450 g/mol. The van der Waals surface area contributed by atoms with Crippen LogP contribution >= 0.6 is 28.1 Å². The van der Waals surface area contributed by atoms with Crippen LogP contribution < -0.4 is 10.2 Å². The molecular formula is C22H16BrN3O2S. The van der Waals surface area contributed by atoms with E-state index < -0.39 is 11.8 Å². The van der Waals surface area contributed by atoms with Crippen molar-refractivity contribution in [2.45, 2.75) is 6.92 Å². The summed E-state index contributed by atoms with van der Waals surface area (Å²) < 4.78 is 2.89. The zero-order valence-corrected chi connectivity index (χ0v) is 17.8. The molecule has 0 spiro atoms. The zero-order chi connectivity index (χ0) is 20.5. The summed E-state index contributed by atoms with van der Waals surface area (Å²) in [5.41, 5.74) is 3.38. The van der Waals surface area contributed by atoms with Gasteiger partial charge in [0.15, 0.2) is 5.11 Å². The molecule has 0 aliphatic carbocycles. The summed E-state index contributed by atoms with van der Waals surface area (Å²) in [5.74, 6) is -0.954. The van der Waals surface area contributed by atoms with Crippen LogP contribution in [0, 0.1) is 6.92 Å². The molecule has 0 atom stereocenters. The van der Waals surface area contributed by atoms with Gasteiger partial charge in [0.05, 0.1) is 5.69 Å². The van der Waals surface area contributed by atoms with E-state index in [0.717, 1.165) is 21.4 Å². The number of benzene rings is 2. The van der Waals surface area contributed by atoms with E-state index in [1.54, 1.807) is 18.2 Å². The number of halogens is 1. The molecule has 0 unspecified atom stereocenters. The van der Waals surface area contributed by atoms with Crippen LogP contribution in [0.3, 0.4) is 0 Å². The second-order valence-electron chi connectivity index (χ2n) is 6.55. The fraction of sp³-hybridized carbons (Fsp3) is 0.0455. The lowest BCUT2D eigenvalue weighted by Crippen LogP contribution is -2.54. The van der Waals surface area contributed by atoms with E-state index in [2.05, 4.69) is 21.2 Å². The fourth-order valence-electron chi connectivity index (χ4n) is 3.19. The number of nitrogens with zero attached hydrogens (tertiary/aromatic N) is 2. The molecule has 1 aliphatic heterocycles. The first-order valence-corrected chi connectivity index (χ1v) is 10.1. The van der Waals surface area contributed by atoms with Crippen molar-refractivity contribution in [1.29, 1.82) is 0 Å². The molecule has 1 fully saturated rings. The number of hydrogen-bond acceptors (Lipinski definition) is 3. The lowest BCUT2D eigenvalue weighted by atomic mass is 10.1. The lowest BCUT2D eigenvalue weighted by molar-refractivity contribution is -0.122. The molecule has 5 nitrogen and oxygen atoms in total. The van der Waals surface area contributed by atoms with Gasteiger partial charge in [-0.2, -0.15) is 0 Å². The van der Waals surface area contributed by atoms with Gasteiger partial charge in [-0.3, -0.25) is 19.8 Å². The minimum Gasteiger partial charge on any atom is -0.321 e. The standard InChI is InChI=1S/C22H16BrN3O2S/c1-14-11-15(13-25(14)17-5-3-2-4-6-17)12-19-20(27)24-22(29)26(21(19)28)18-9-7-16(23)8-10-18/h2-13H,1H3,(H,24,27,29)/b19-12-. The summed E-state index contributed by atoms with van der Waals surface area (Å²) in [7, 11) is 0. The first-order valence-electron chi connectivity index (χ1n) is 8.85. The Balaban J connectivity index is 1.71. The average molecular weight is 466 g/mol. The third-order valence-corrected chi connectivity index (χ3v) is 5.38. The van der Waals surface area contributed by atoms with E-state index >= 15 is 0 Å². The highest BCUT2D eigenvalue weighted by Gasteiger charge is 2.34. The molecule has 29 heavy (non-hydrogen) atoms. The largest absolute Gasteiger partial charge is 0.321 e. The molecule has 1 saturated heterocycles.